The van der Waals surface area contributed by atoms with E-state index in [9.17, 15) is 9.59 Å². The Bertz CT molecular complexity index is 1070. The van der Waals surface area contributed by atoms with Gasteiger partial charge in [-0.15, -0.1) is 0 Å². The zero-order chi connectivity index (χ0) is 22.6. The van der Waals surface area contributed by atoms with Crippen LogP contribution in [0.2, 0.25) is 0 Å². The minimum Gasteiger partial charge on any atom is -0.445 e. The molecule has 32 heavy (non-hydrogen) atoms. The van der Waals surface area contributed by atoms with E-state index in [1.165, 1.54) is 0 Å². The molecule has 3 aromatic rings. The van der Waals surface area contributed by atoms with E-state index in [0.717, 1.165) is 48.0 Å². The number of nitrogens with zero attached hydrogens (tertiary/aromatic N) is 1. The highest BCUT2D eigenvalue weighted by Crippen LogP contribution is 2.36. The quantitative estimate of drug-likeness (QED) is 0.508. The van der Waals surface area contributed by atoms with Crippen molar-refractivity contribution in [3.05, 3.63) is 60.4 Å². The summed E-state index contributed by atoms with van der Waals surface area (Å²) in [5.74, 6) is 0.299. The lowest BCUT2D eigenvalue weighted by Crippen LogP contribution is -2.50. The van der Waals surface area contributed by atoms with Crippen LogP contribution in [0.1, 0.15) is 45.1 Å². The van der Waals surface area contributed by atoms with Gasteiger partial charge in [-0.05, 0) is 63.1 Å². The third-order valence-electron chi connectivity index (χ3n) is 6.47. The maximum atomic E-state index is 12.9. The van der Waals surface area contributed by atoms with Gasteiger partial charge in [0.15, 0.2) is 0 Å². The lowest BCUT2D eigenvalue weighted by atomic mass is 9.73. The monoisotopic (exact) mass is 434 g/mol. The van der Waals surface area contributed by atoms with Gasteiger partial charge in [0.2, 0.25) is 5.91 Å². The fraction of sp³-hybridized carbons (Fsp3) is 0.400. The summed E-state index contributed by atoms with van der Waals surface area (Å²) in [6, 6.07) is 13.4. The second kappa shape index (κ2) is 9.42. The molecule has 1 fully saturated rings. The molecule has 7 nitrogen and oxygen atoms in total. The first-order valence-corrected chi connectivity index (χ1v) is 11.1. The second-order valence-corrected chi connectivity index (χ2v) is 9.04. The van der Waals surface area contributed by atoms with Crippen LogP contribution in [0, 0.1) is 11.8 Å². The number of hydrogen-bond donors (Lipinski definition) is 3. The molecular formula is C25H30N4O3. The van der Waals surface area contributed by atoms with Crippen molar-refractivity contribution in [3.63, 3.8) is 0 Å². The average molecular weight is 435 g/mol. The summed E-state index contributed by atoms with van der Waals surface area (Å²) in [5, 5.41) is 7.01. The number of ether oxygens (including phenoxy) is 1. The molecule has 0 atom stereocenters. The van der Waals surface area contributed by atoms with Gasteiger partial charge in [-0.25, -0.2) is 9.78 Å². The molecule has 0 bridgehead atoms. The standard InChI is InChI=1S/C25H30N4O3/c1-25(2,29-24(31)32-16-17-6-4-3-5-7-17)19-10-8-18(9-11-19)23(30)28-21-13-15-27-22-20(21)12-14-26-22/h3-7,12-15,18-19H,8-11,16H2,1-2H3,(H,29,31)(H2,26,27,28,30)/t18-,19-. The van der Waals surface area contributed by atoms with Crippen molar-refractivity contribution in [1.29, 1.82) is 0 Å². The Morgan fingerprint density at radius 1 is 1.09 bits per heavy atom. The number of aromatic amines is 1. The molecule has 1 aliphatic carbocycles. The summed E-state index contributed by atoms with van der Waals surface area (Å²) < 4.78 is 5.39. The second-order valence-electron chi connectivity index (χ2n) is 9.04. The number of benzene rings is 1. The van der Waals surface area contributed by atoms with Crippen LogP contribution in [0.15, 0.2) is 54.9 Å². The van der Waals surface area contributed by atoms with Crippen LogP contribution < -0.4 is 10.6 Å². The Morgan fingerprint density at radius 3 is 2.59 bits per heavy atom. The number of aromatic nitrogens is 2. The van der Waals surface area contributed by atoms with Gasteiger partial charge in [0.25, 0.3) is 0 Å². The number of nitrogens with one attached hydrogen (secondary N) is 3. The first-order chi connectivity index (χ1) is 15.4. The van der Waals surface area contributed by atoms with Crippen LogP contribution in [0.5, 0.6) is 0 Å². The van der Waals surface area contributed by atoms with Gasteiger partial charge >= 0.3 is 6.09 Å². The Labute approximate surface area is 188 Å². The topological polar surface area (TPSA) is 96.1 Å². The molecule has 1 aromatic carbocycles. The molecule has 7 heteroatoms. The number of pyridine rings is 1. The number of amides is 2. The molecule has 0 saturated heterocycles. The molecule has 4 rings (SSSR count). The number of fused-ring (bicyclic) bond motifs is 1. The number of anilines is 1. The molecule has 168 valence electrons. The van der Waals surface area contributed by atoms with E-state index in [2.05, 4.69) is 20.6 Å². The van der Waals surface area contributed by atoms with Crippen molar-refractivity contribution in [2.24, 2.45) is 11.8 Å². The minimum atomic E-state index is -0.410. The Kier molecular flexibility index (Phi) is 6.44. The third-order valence-corrected chi connectivity index (χ3v) is 6.47. The molecule has 1 saturated carbocycles. The SMILES string of the molecule is CC(C)(NC(=O)OCc1ccccc1)[C@H]1CC[C@H](C(=O)Nc2ccnc3[nH]ccc23)CC1. The van der Waals surface area contributed by atoms with Gasteiger partial charge in [0, 0.05) is 29.2 Å². The van der Waals surface area contributed by atoms with E-state index in [4.69, 9.17) is 4.74 Å². The maximum Gasteiger partial charge on any atom is 0.407 e. The summed E-state index contributed by atoms with van der Waals surface area (Å²) in [4.78, 5) is 32.5. The van der Waals surface area contributed by atoms with Crippen LogP contribution >= 0.6 is 0 Å². The van der Waals surface area contributed by atoms with Crippen LogP contribution in [0.3, 0.4) is 0 Å². The summed E-state index contributed by atoms with van der Waals surface area (Å²) in [5.41, 5.74) is 2.10. The lowest BCUT2D eigenvalue weighted by Gasteiger charge is -2.39. The largest absolute Gasteiger partial charge is 0.445 e. The van der Waals surface area contributed by atoms with Crippen LogP contribution in [-0.2, 0) is 16.1 Å². The Balaban J connectivity index is 1.27. The van der Waals surface area contributed by atoms with Crippen LogP contribution in [-0.4, -0.2) is 27.5 Å². The van der Waals surface area contributed by atoms with Crippen molar-refractivity contribution in [2.45, 2.75) is 51.7 Å². The van der Waals surface area contributed by atoms with Crippen LogP contribution in [0.4, 0.5) is 10.5 Å². The van der Waals surface area contributed by atoms with Gasteiger partial charge in [0.05, 0.1) is 5.69 Å². The van der Waals surface area contributed by atoms with E-state index in [1.807, 2.05) is 62.5 Å². The molecule has 2 aromatic heterocycles. The number of hydrogen-bond acceptors (Lipinski definition) is 4. The number of rotatable bonds is 6. The minimum absolute atomic E-state index is 0.0331. The number of H-pyrrole nitrogens is 1. The molecule has 0 spiro atoms. The van der Waals surface area contributed by atoms with E-state index in [1.54, 1.807) is 6.20 Å². The molecule has 1 aliphatic rings. The zero-order valence-electron chi connectivity index (χ0n) is 18.6. The van der Waals surface area contributed by atoms with Crippen molar-refractivity contribution in [2.75, 3.05) is 5.32 Å². The zero-order valence-corrected chi connectivity index (χ0v) is 18.6. The normalized spacial score (nSPS) is 18.8. The predicted molar refractivity (Wildman–Crippen MR) is 124 cm³/mol. The van der Waals surface area contributed by atoms with Gasteiger partial charge in [0.1, 0.15) is 12.3 Å². The summed E-state index contributed by atoms with van der Waals surface area (Å²) in [6.07, 6.45) is 6.44. The fourth-order valence-electron chi connectivity index (χ4n) is 4.51. The fourth-order valence-corrected chi connectivity index (χ4v) is 4.51. The van der Waals surface area contributed by atoms with Gasteiger partial charge in [-0.2, -0.15) is 0 Å². The van der Waals surface area contributed by atoms with E-state index in [0.29, 0.717) is 0 Å². The summed E-state index contributed by atoms with van der Waals surface area (Å²) in [6.45, 7) is 4.31. The van der Waals surface area contributed by atoms with Crippen molar-refractivity contribution in [1.82, 2.24) is 15.3 Å². The Hall–Kier alpha value is -3.35. The average Bonchev–Trinajstić information content (AvgIpc) is 3.28. The predicted octanol–water partition coefficient (Wildman–Crippen LogP) is 5.01. The van der Waals surface area contributed by atoms with E-state index < -0.39 is 11.6 Å². The molecule has 3 N–H and O–H groups in total. The smallest absolute Gasteiger partial charge is 0.407 e. The molecule has 2 amide bonds. The molecular weight excluding hydrogens is 404 g/mol. The highest BCUT2D eigenvalue weighted by atomic mass is 16.5. The van der Waals surface area contributed by atoms with Crippen molar-refractivity contribution >= 4 is 28.7 Å². The summed E-state index contributed by atoms with van der Waals surface area (Å²) in [7, 11) is 0. The van der Waals surface area contributed by atoms with E-state index in [-0.39, 0.29) is 24.3 Å². The van der Waals surface area contributed by atoms with Gasteiger partial charge in [-0.3, -0.25) is 4.79 Å². The first kappa shape index (κ1) is 21.9. The number of alkyl carbamates (subject to hydrolysis) is 1. The third kappa shape index (κ3) is 5.10. The summed E-state index contributed by atoms with van der Waals surface area (Å²) >= 11 is 0. The Morgan fingerprint density at radius 2 is 1.84 bits per heavy atom. The molecule has 2 heterocycles. The van der Waals surface area contributed by atoms with Crippen molar-refractivity contribution < 1.29 is 14.3 Å². The van der Waals surface area contributed by atoms with Crippen LogP contribution in [0.25, 0.3) is 11.0 Å². The van der Waals surface area contributed by atoms with E-state index >= 15 is 0 Å². The highest BCUT2D eigenvalue weighted by molar-refractivity contribution is 6.00. The maximum absolute atomic E-state index is 12.9. The molecule has 0 aliphatic heterocycles. The lowest BCUT2D eigenvalue weighted by molar-refractivity contribution is -0.121. The highest BCUT2D eigenvalue weighted by Gasteiger charge is 2.36. The van der Waals surface area contributed by atoms with Crippen molar-refractivity contribution in [3.8, 4) is 0 Å². The number of carbonyl (C=O) groups is 2. The van der Waals surface area contributed by atoms with Gasteiger partial charge in [-0.1, -0.05) is 30.3 Å². The number of carbonyl (C=O) groups excluding carboxylic acids is 2. The molecule has 0 unspecified atom stereocenters. The first-order valence-electron chi connectivity index (χ1n) is 11.1. The molecule has 0 radical (unpaired) electrons. The van der Waals surface area contributed by atoms with Gasteiger partial charge < -0.3 is 20.4 Å².